The van der Waals surface area contributed by atoms with Crippen LogP contribution < -0.4 is 0 Å². The van der Waals surface area contributed by atoms with E-state index in [1.54, 1.807) is 0 Å². The molecule has 2 aromatic rings. The van der Waals surface area contributed by atoms with Crippen molar-refractivity contribution in [2.24, 2.45) is 5.41 Å². The van der Waals surface area contributed by atoms with Crippen LogP contribution in [0, 0.1) is 16.7 Å². The van der Waals surface area contributed by atoms with Crippen LogP contribution in [0.15, 0.2) is 60.7 Å². The van der Waals surface area contributed by atoms with E-state index >= 15 is 0 Å². The first-order chi connectivity index (χ1) is 13.6. The highest BCUT2D eigenvalue weighted by Gasteiger charge is 2.60. The lowest BCUT2D eigenvalue weighted by Crippen LogP contribution is -2.45. The Morgan fingerprint density at radius 3 is 2.43 bits per heavy atom. The van der Waals surface area contributed by atoms with Crippen LogP contribution in [0.4, 0.5) is 0 Å². The third kappa shape index (κ3) is 3.09. The number of carbonyl (C=O) groups is 1. The van der Waals surface area contributed by atoms with Gasteiger partial charge in [0.05, 0.1) is 24.8 Å². The van der Waals surface area contributed by atoms with Crippen molar-refractivity contribution in [3.05, 3.63) is 71.8 Å². The highest BCUT2D eigenvalue weighted by atomic mass is 16.5. The van der Waals surface area contributed by atoms with E-state index in [1.165, 1.54) is 18.2 Å². The molecular weight excluding hydrogens is 350 g/mol. The van der Waals surface area contributed by atoms with Gasteiger partial charge in [0, 0.05) is 19.1 Å². The Hall–Kier alpha value is -2.68. The molecule has 0 radical (unpaired) electrons. The van der Waals surface area contributed by atoms with Gasteiger partial charge in [0.2, 0.25) is 0 Å². The average molecular weight is 375 g/mol. The number of rotatable bonds is 4. The lowest BCUT2D eigenvalue weighted by atomic mass is 9.86. The quantitative estimate of drug-likeness (QED) is 0.767. The van der Waals surface area contributed by atoms with Gasteiger partial charge in [0.25, 0.3) is 0 Å². The number of methoxy groups -OCH3 is 1. The highest BCUT2D eigenvalue weighted by Crippen LogP contribution is 2.51. The first kappa shape index (κ1) is 18.7. The van der Waals surface area contributed by atoms with Gasteiger partial charge in [-0.15, -0.1) is 0 Å². The molecule has 0 spiro atoms. The van der Waals surface area contributed by atoms with Gasteiger partial charge in [-0.2, -0.15) is 5.26 Å². The molecule has 2 fully saturated rings. The van der Waals surface area contributed by atoms with Gasteiger partial charge in [0.15, 0.2) is 0 Å². The first-order valence-corrected chi connectivity index (χ1v) is 9.67. The van der Waals surface area contributed by atoms with Crippen molar-refractivity contribution in [1.29, 1.82) is 5.26 Å². The highest BCUT2D eigenvalue weighted by molar-refractivity contribution is 5.76. The van der Waals surface area contributed by atoms with E-state index in [2.05, 4.69) is 40.1 Å². The summed E-state index contributed by atoms with van der Waals surface area (Å²) >= 11 is 0. The topological polar surface area (TPSA) is 56.6 Å². The van der Waals surface area contributed by atoms with Crippen LogP contribution in [0.3, 0.4) is 0 Å². The maximum absolute atomic E-state index is 12.6. The minimum absolute atomic E-state index is 0.0502. The molecule has 0 unspecified atom stereocenters. The molecular formula is C23H25N3O2. The van der Waals surface area contributed by atoms with E-state index in [1.807, 2.05) is 43.3 Å². The standard InChI is InChI=1S/C23H25N3O2/c1-23(16-24)13-19(21(27)28-2)26-20(18-11-7-4-8-12-18)15-25(22(23)26)14-17-9-5-3-6-10-17/h3-12,19-20,22H,13-15H2,1-2H3/t19-,20+,22-,23-/m1/s1. The Balaban J connectivity index is 1.75. The number of benzene rings is 2. The maximum atomic E-state index is 12.6. The van der Waals surface area contributed by atoms with Crippen molar-refractivity contribution in [2.45, 2.75) is 38.1 Å². The average Bonchev–Trinajstić information content (AvgIpc) is 3.26. The zero-order chi connectivity index (χ0) is 19.7. The van der Waals surface area contributed by atoms with E-state index in [4.69, 9.17) is 4.74 Å². The van der Waals surface area contributed by atoms with Crippen molar-refractivity contribution in [3.8, 4) is 6.07 Å². The number of hydrogen-bond acceptors (Lipinski definition) is 5. The van der Waals surface area contributed by atoms with Crippen LogP contribution in [-0.2, 0) is 16.1 Å². The van der Waals surface area contributed by atoms with Crippen LogP contribution in [0.2, 0.25) is 0 Å². The van der Waals surface area contributed by atoms with Gasteiger partial charge in [-0.3, -0.25) is 14.6 Å². The molecule has 0 aromatic heterocycles. The molecule has 4 atom stereocenters. The molecule has 0 bridgehead atoms. The van der Waals surface area contributed by atoms with Gasteiger partial charge in [-0.1, -0.05) is 60.7 Å². The molecule has 2 aliphatic heterocycles. The van der Waals surface area contributed by atoms with E-state index in [9.17, 15) is 10.1 Å². The molecule has 0 amide bonds. The molecule has 144 valence electrons. The number of hydrogen-bond donors (Lipinski definition) is 0. The summed E-state index contributed by atoms with van der Waals surface area (Å²) in [6, 6.07) is 22.7. The van der Waals surface area contributed by atoms with Crippen LogP contribution in [0.25, 0.3) is 0 Å². The van der Waals surface area contributed by atoms with Crippen molar-refractivity contribution >= 4 is 5.97 Å². The predicted octanol–water partition coefficient (Wildman–Crippen LogP) is 3.35. The third-order valence-corrected chi connectivity index (χ3v) is 6.08. The Labute approximate surface area is 166 Å². The second-order valence-electron chi connectivity index (χ2n) is 7.93. The molecule has 0 saturated carbocycles. The minimum Gasteiger partial charge on any atom is -0.468 e. The van der Waals surface area contributed by atoms with Crippen LogP contribution in [0.5, 0.6) is 0 Å². The molecule has 2 saturated heterocycles. The van der Waals surface area contributed by atoms with Crippen molar-refractivity contribution in [1.82, 2.24) is 9.80 Å². The normalized spacial score (nSPS) is 30.0. The van der Waals surface area contributed by atoms with Gasteiger partial charge in [-0.05, 0) is 24.5 Å². The molecule has 28 heavy (non-hydrogen) atoms. The number of esters is 1. The van der Waals surface area contributed by atoms with Gasteiger partial charge >= 0.3 is 5.97 Å². The van der Waals surface area contributed by atoms with Gasteiger partial charge in [-0.25, -0.2) is 0 Å². The molecule has 2 heterocycles. The Morgan fingerprint density at radius 2 is 1.82 bits per heavy atom. The first-order valence-electron chi connectivity index (χ1n) is 9.67. The molecule has 0 N–H and O–H groups in total. The molecule has 4 rings (SSSR count). The smallest absolute Gasteiger partial charge is 0.323 e. The zero-order valence-corrected chi connectivity index (χ0v) is 16.3. The number of fused-ring (bicyclic) bond motifs is 1. The fourth-order valence-corrected chi connectivity index (χ4v) is 4.87. The number of carbonyl (C=O) groups excluding carboxylic acids is 1. The molecule has 2 aliphatic rings. The molecule has 5 nitrogen and oxygen atoms in total. The summed E-state index contributed by atoms with van der Waals surface area (Å²) in [6.45, 7) is 3.49. The van der Waals surface area contributed by atoms with E-state index in [0.29, 0.717) is 6.42 Å². The predicted molar refractivity (Wildman–Crippen MR) is 106 cm³/mol. The summed E-state index contributed by atoms with van der Waals surface area (Å²) in [5.41, 5.74) is 1.73. The van der Waals surface area contributed by atoms with E-state index in [0.717, 1.165) is 13.1 Å². The summed E-state index contributed by atoms with van der Waals surface area (Å²) in [6.07, 6.45) is 0.349. The fraction of sp³-hybridized carbons (Fsp3) is 0.391. The molecule has 0 aliphatic carbocycles. The lowest BCUT2D eigenvalue weighted by molar-refractivity contribution is -0.146. The summed E-state index contributed by atoms with van der Waals surface area (Å²) in [5, 5.41) is 10.0. The second-order valence-corrected chi connectivity index (χ2v) is 7.93. The monoisotopic (exact) mass is 375 g/mol. The lowest BCUT2D eigenvalue weighted by Gasteiger charge is -2.33. The van der Waals surface area contributed by atoms with Gasteiger partial charge in [0.1, 0.15) is 6.04 Å². The van der Waals surface area contributed by atoms with Crippen LogP contribution in [0.1, 0.15) is 30.5 Å². The van der Waals surface area contributed by atoms with Crippen molar-refractivity contribution in [2.75, 3.05) is 13.7 Å². The second kappa shape index (κ2) is 7.38. The maximum Gasteiger partial charge on any atom is 0.323 e. The Morgan fingerprint density at radius 1 is 1.18 bits per heavy atom. The van der Waals surface area contributed by atoms with E-state index < -0.39 is 11.5 Å². The van der Waals surface area contributed by atoms with Crippen LogP contribution in [-0.4, -0.2) is 41.6 Å². The summed E-state index contributed by atoms with van der Waals surface area (Å²) in [7, 11) is 1.43. The fourth-order valence-electron chi connectivity index (χ4n) is 4.87. The number of nitrogens with zero attached hydrogens (tertiary/aromatic N) is 3. The third-order valence-electron chi connectivity index (χ3n) is 6.08. The summed E-state index contributed by atoms with van der Waals surface area (Å²) < 4.78 is 5.11. The van der Waals surface area contributed by atoms with Gasteiger partial charge < -0.3 is 4.74 Å². The van der Waals surface area contributed by atoms with Crippen molar-refractivity contribution in [3.63, 3.8) is 0 Å². The Kier molecular flexibility index (Phi) is 4.92. The number of ether oxygens (including phenoxy) is 1. The number of nitriles is 1. The minimum atomic E-state index is -0.642. The molecule has 5 heteroatoms. The van der Waals surface area contributed by atoms with Crippen molar-refractivity contribution < 1.29 is 9.53 Å². The van der Waals surface area contributed by atoms with E-state index in [-0.39, 0.29) is 18.2 Å². The summed E-state index contributed by atoms with van der Waals surface area (Å²) in [4.78, 5) is 17.2. The Bertz CT molecular complexity index is 880. The largest absolute Gasteiger partial charge is 0.468 e. The SMILES string of the molecule is COC(=O)[C@H]1C[C@](C)(C#N)[C@@H]2N(Cc3ccccc3)C[C@@H](c3ccccc3)N12. The molecule has 2 aromatic carbocycles. The van der Waals surface area contributed by atoms with Crippen LogP contribution >= 0.6 is 0 Å². The summed E-state index contributed by atoms with van der Waals surface area (Å²) in [5.74, 6) is -0.258. The zero-order valence-electron chi connectivity index (χ0n) is 16.3.